The highest BCUT2D eigenvalue weighted by atomic mass is 16.3. The van der Waals surface area contributed by atoms with Crippen LogP contribution in [0.15, 0.2) is 156 Å². The molecule has 0 bridgehead atoms. The van der Waals surface area contributed by atoms with Gasteiger partial charge >= 0.3 is 0 Å². The van der Waals surface area contributed by atoms with Crippen molar-refractivity contribution in [3.8, 4) is 33.4 Å². The Morgan fingerprint density at radius 3 is 1.82 bits per heavy atom. The molecule has 9 aromatic rings. The van der Waals surface area contributed by atoms with Crippen molar-refractivity contribution in [1.82, 2.24) is 0 Å². The first-order chi connectivity index (χ1) is 22.1. The number of furan rings is 1. The SMILES string of the molecule is [2H]c1ccc2cc(-c3c4ccccc4c(-c4cccc(-c5ccc6oc7cc(C)ccc7c6c5)c4)c4ccccc34)ccc2c1. The minimum absolute atomic E-state index is 0.533. The Kier molecular flexibility index (Phi) is 5.25. The van der Waals surface area contributed by atoms with Gasteiger partial charge in [-0.2, -0.15) is 0 Å². The summed E-state index contributed by atoms with van der Waals surface area (Å²) < 4.78 is 14.2. The summed E-state index contributed by atoms with van der Waals surface area (Å²) in [4.78, 5) is 0. The summed E-state index contributed by atoms with van der Waals surface area (Å²) >= 11 is 0. The molecule has 1 heteroatoms. The second-order valence-electron chi connectivity index (χ2n) is 11.7. The van der Waals surface area contributed by atoms with E-state index in [1.165, 1.54) is 60.5 Å². The van der Waals surface area contributed by atoms with Gasteiger partial charge in [-0.05, 0) is 109 Å². The maximum atomic E-state index is 8.05. The van der Waals surface area contributed by atoms with Gasteiger partial charge in [0.15, 0.2) is 0 Å². The van der Waals surface area contributed by atoms with Crippen molar-refractivity contribution in [2.75, 3.05) is 0 Å². The summed E-state index contributed by atoms with van der Waals surface area (Å²) in [5, 5.41) is 9.45. The molecule has 9 rings (SSSR count). The van der Waals surface area contributed by atoms with E-state index in [-0.39, 0.29) is 0 Å². The second kappa shape index (κ2) is 9.69. The van der Waals surface area contributed by atoms with Gasteiger partial charge in [0.1, 0.15) is 11.2 Å². The van der Waals surface area contributed by atoms with Crippen LogP contribution >= 0.6 is 0 Å². The molecule has 0 atom stereocenters. The highest BCUT2D eigenvalue weighted by Crippen LogP contribution is 2.45. The van der Waals surface area contributed by atoms with E-state index < -0.39 is 0 Å². The molecule has 0 N–H and O–H groups in total. The Morgan fingerprint density at radius 2 is 1.07 bits per heavy atom. The molecule has 0 saturated carbocycles. The lowest BCUT2D eigenvalue weighted by Gasteiger charge is -2.18. The van der Waals surface area contributed by atoms with E-state index in [0.717, 1.165) is 32.7 Å². The Hall–Kier alpha value is -5.66. The van der Waals surface area contributed by atoms with Gasteiger partial charge in [-0.25, -0.2) is 0 Å². The Balaban J connectivity index is 1.26. The molecule has 8 aromatic carbocycles. The predicted molar refractivity (Wildman–Crippen MR) is 187 cm³/mol. The molecule has 0 fully saturated rings. The van der Waals surface area contributed by atoms with Gasteiger partial charge in [-0.3, -0.25) is 0 Å². The van der Waals surface area contributed by atoms with E-state index in [4.69, 9.17) is 5.79 Å². The number of hydrogen-bond donors (Lipinski definition) is 0. The fraction of sp³-hybridized carbons (Fsp3) is 0.0233. The van der Waals surface area contributed by atoms with Crippen molar-refractivity contribution in [2.24, 2.45) is 0 Å². The van der Waals surface area contributed by atoms with Crippen molar-refractivity contribution in [3.63, 3.8) is 0 Å². The molecule has 0 aliphatic carbocycles. The van der Waals surface area contributed by atoms with Crippen molar-refractivity contribution in [3.05, 3.63) is 157 Å². The van der Waals surface area contributed by atoms with E-state index in [2.05, 4.69) is 140 Å². The Bertz CT molecular complexity index is 2570. The van der Waals surface area contributed by atoms with E-state index in [1.807, 2.05) is 12.1 Å². The highest BCUT2D eigenvalue weighted by Gasteiger charge is 2.17. The lowest BCUT2D eigenvalue weighted by molar-refractivity contribution is 0.668. The average molecular weight is 562 g/mol. The standard InChI is InChI=1S/C43H28O/c1-27-17-21-34-39-26-31(20-22-40(39)44-41(34)23-27)30-11-8-12-32(25-30)42-35-13-4-6-15-37(35)43(38-16-7-5-14-36(38)42)33-19-18-28-9-2-3-10-29(28)24-33/h2-26H,1H3/i2D. The zero-order valence-corrected chi connectivity index (χ0v) is 24.3. The Labute approximate surface area is 257 Å². The monoisotopic (exact) mass is 561 g/mol. The fourth-order valence-electron chi connectivity index (χ4n) is 6.95. The summed E-state index contributed by atoms with van der Waals surface area (Å²) in [6, 6.07) is 52.5. The van der Waals surface area contributed by atoms with Crippen molar-refractivity contribution in [2.45, 2.75) is 6.92 Å². The minimum Gasteiger partial charge on any atom is -0.456 e. The third-order valence-electron chi connectivity index (χ3n) is 9.02. The largest absolute Gasteiger partial charge is 0.456 e. The zero-order valence-electron chi connectivity index (χ0n) is 25.3. The molecule has 1 nitrogen and oxygen atoms in total. The topological polar surface area (TPSA) is 13.1 Å². The molecule has 0 spiro atoms. The maximum absolute atomic E-state index is 8.05. The van der Waals surface area contributed by atoms with E-state index in [1.54, 1.807) is 0 Å². The van der Waals surface area contributed by atoms with Crippen molar-refractivity contribution < 1.29 is 5.79 Å². The van der Waals surface area contributed by atoms with Crippen LogP contribution in [0, 0.1) is 6.92 Å². The predicted octanol–water partition coefficient (Wildman–Crippen LogP) is 12.4. The van der Waals surface area contributed by atoms with Crippen molar-refractivity contribution >= 4 is 54.3 Å². The summed E-state index contributed by atoms with van der Waals surface area (Å²) in [5.74, 6) is 0. The molecule has 0 saturated heterocycles. The molecule has 1 aromatic heterocycles. The number of hydrogen-bond acceptors (Lipinski definition) is 1. The average Bonchev–Trinajstić information content (AvgIpc) is 3.43. The van der Waals surface area contributed by atoms with Gasteiger partial charge in [-0.1, -0.05) is 121 Å². The van der Waals surface area contributed by atoms with Crippen molar-refractivity contribution in [1.29, 1.82) is 0 Å². The number of aryl methyl sites for hydroxylation is 1. The molecule has 0 radical (unpaired) electrons. The van der Waals surface area contributed by atoms with Crippen LogP contribution < -0.4 is 0 Å². The quantitative estimate of drug-likeness (QED) is 0.196. The summed E-state index contributed by atoms with van der Waals surface area (Å²) in [7, 11) is 0. The lowest BCUT2D eigenvalue weighted by atomic mass is 9.85. The minimum atomic E-state index is 0.533. The van der Waals surface area contributed by atoms with Crippen LogP contribution in [0.1, 0.15) is 6.93 Å². The first-order valence-electron chi connectivity index (χ1n) is 15.6. The van der Waals surface area contributed by atoms with Gasteiger partial charge in [0.05, 0.1) is 1.37 Å². The van der Waals surface area contributed by atoms with Crippen LogP contribution in [-0.2, 0) is 0 Å². The van der Waals surface area contributed by atoms with Crippen LogP contribution in [-0.4, -0.2) is 0 Å². The Morgan fingerprint density at radius 1 is 0.409 bits per heavy atom. The van der Waals surface area contributed by atoms with Crippen LogP contribution in [0.5, 0.6) is 0 Å². The van der Waals surface area contributed by atoms with Crippen LogP contribution in [0.2, 0.25) is 0 Å². The molecular weight excluding hydrogens is 532 g/mol. The first-order valence-corrected chi connectivity index (χ1v) is 15.1. The van der Waals surface area contributed by atoms with E-state index in [9.17, 15) is 0 Å². The fourth-order valence-corrected chi connectivity index (χ4v) is 6.95. The summed E-state index contributed by atoms with van der Waals surface area (Å²) in [5.41, 5.74) is 10.3. The molecular formula is C43H28O. The second-order valence-corrected chi connectivity index (χ2v) is 11.7. The van der Waals surface area contributed by atoms with E-state index in [0.29, 0.717) is 6.04 Å². The molecule has 0 amide bonds. The number of rotatable bonds is 3. The van der Waals surface area contributed by atoms with Gasteiger partial charge in [0, 0.05) is 10.8 Å². The van der Waals surface area contributed by atoms with Gasteiger partial charge < -0.3 is 4.42 Å². The van der Waals surface area contributed by atoms with Crippen LogP contribution in [0.3, 0.4) is 0 Å². The third kappa shape index (κ3) is 3.87. The van der Waals surface area contributed by atoms with Gasteiger partial charge in [0.2, 0.25) is 0 Å². The number of fused-ring (bicyclic) bond motifs is 6. The van der Waals surface area contributed by atoms with Crippen LogP contribution in [0.25, 0.3) is 87.6 Å². The lowest BCUT2D eigenvalue weighted by Crippen LogP contribution is -1.91. The molecule has 206 valence electrons. The smallest absolute Gasteiger partial charge is 0.135 e. The van der Waals surface area contributed by atoms with Crippen LogP contribution in [0.4, 0.5) is 0 Å². The molecule has 0 aliphatic rings. The molecule has 1 heterocycles. The van der Waals surface area contributed by atoms with Gasteiger partial charge in [-0.15, -0.1) is 0 Å². The maximum Gasteiger partial charge on any atom is 0.135 e. The first kappa shape index (κ1) is 23.9. The summed E-state index contributed by atoms with van der Waals surface area (Å²) in [6.07, 6.45) is 0. The molecule has 0 unspecified atom stereocenters. The highest BCUT2D eigenvalue weighted by molar-refractivity contribution is 6.22. The normalized spacial score (nSPS) is 12.1. The van der Waals surface area contributed by atoms with E-state index >= 15 is 0 Å². The molecule has 0 aliphatic heterocycles. The summed E-state index contributed by atoms with van der Waals surface area (Å²) in [6.45, 7) is 2.10. The number of benzene rings is 8. The zero-order chi connectivity index (χ0) is 30.1. The third-order valence-corrected chi connectivity index (χ3v) is 9.02. The van der Waals surface area contributed by atoms with Gasteiger partial charge in [0.25, 0.3) is 0 Å². The molecule has 44 heavy (non-hydrogen) atoms.